The van der Waals surface area contributed by atoms with E-state index in [1.807, 2.05) is 6.08 Å². The third kappa shape index (κ3) is 3.02. The molecule has 100 valence electrons. The van der Waals surface area contributed by atoms with Crippen LogP contribution in [0.25, 0.3) is 0 Å². The number of carbonyl (C=O) groups is 1. The summed E-state index contributed by atoms with van der Waals surface area (Å²) in [5.41, 5.74) is 1.26. The zero-order valence-corrected chi connectivity index (χ0v) is 10.9. The van der Waals surface area contributed by atoms with E-state index in [-0.39, 0.29) is 17.9 Å². The van der Waals surface area contributed by atoms with Crippen molar-refractivity contribution in [1.29, 1.82) is 0 Å². The molecule has 0 bridgehead atoms. The highest BCUT2D eigenvalue weighted by atomic mass is 16.4. The number of aliphatic carboxylic acids is 1. The van der Waals surface area contributed by atoms with Gasteiger partial charge < -0.3 is 10.2 Å². The molecule has 2 rings (SSSR count). The topological polar surface area (TPSA) is 57.5 Å². The molecule has 1 saturated carbocycles. The summed E-state index contributed by atoms with van der Waals surface area (Å²) in [7, 11) is 0. The standard InChI is InChI=1S/C15H22O3/c1-10(15(17)18)12-7-5-11(6-8-12)9-13-3-2-4-14(13)16/h5-7,10,12-14,16H,2-4,8-9H2,1H3,(H,17,18). The molecule has 0 saturated heterocycles. The first-order chi connectivity index (χ1) is 8.58. The maximum atomic E-state index is 10.9. The first-order valence-corrected chi connectivity index (χ1v) is 6.86. The minimum absolute atomic E-state index is 0.111. The molecule has 0 heterocycles. The largest absolute Gasteiger partial charge is 0.481 e. The summed E-state index contributed by atoms with van der Waals surface area (Å²) in [5.74, 6) is -0.544. The summed E-state index contributed by atoms with van der Waals surface area (Å²) in [5, 5.41) is 18.8. The van der Waals surface area contributed by atoms with Crippen LogP contribution in [-0.2, 0) is 4.79 Å². The van der Waals surface area contributed by atoms with Gasteiger partial charge in [0.25, 0.3) is 0 Å². The van der Waals surface area contributed by atoms with Gasteiger partial charge in [-0.3, -0.25) is 4.79 Å². The van der Waals surface area contributed by atoms with Gasteiger partial charge in [0.1, 0.15) is 0 Å². The molecule has 0 aromatic heterocycles. The van der Waals surface area contributed by atoms with Crippen molar-refractivity contribution in [3.05, 3.63) is 23.8 Å². The van der Waals surface area contributed by atoms with E-state index in [9.17, 15) is 9.90 Å². The first kappa shape index (κ1) is 13.3. The third-order valence-electron chi connectivity index (χ3n) is 4.36. The van der Waals surface area contributed by atoms with E-state index < -0.39 is 5.97 Å². The first-order valence-electron chi connectivity index (χ1n) is 6.86. The molecule has 0 aliphatic heterocycles. The van der Waals surface area contributed by atoms with E-state index in [1.54, 1.807) is 6.92 Å². The third-order valence-corrected chi connectivity index (χ3v) is 4.36. The molecule has 3 heteroatoms. The molecule has 0 spiro atoms. The highest BCUT2D eigenvalue weighted by molar-refractivity contribution is 5.70. The Labute approximate surface area is 108 Å². The molecule has 4 unspecified atom stereocenters. The highest BCUT2D eigenvalue weighted by Gasteiger charge is 2.27. The van der Waals surface area contributed by atoms with E-state index in [2.05, 4.69) is 12.2 Å². The van der Waals surface area contributed by atoms with Crippen molar-refractivity contribution in [2.45, 2.75) is 45.1 Å². The summed E-state index contributed by atoms with van der Waals surface area (Å²) in [6.07, 6.45) is 11.0. The molecule has 0 aromatic rings. The SMILES string of the molecule is CC(C(=O)O)C1C=CC(CC2CCCC2O)=CC1. The molecular weight excluding hydrogens is 228 g/mol. The fourth-order valence-corrected chi connectivity index (χ4v) is 2.94. The lowest BCUT2D eigenvalue weighted by Crippen LogP contribution is -2.20. The molecule has 2 N–H and O–H groups in total. The van der Waals surface area contributed by atoms with Crippen LogP contribution in [0.15, 0.2) is 23.8 Å². The van der Waals surface area contributed by atoms with Crippen LogP contribution in [0.1, 0.15) is 39.0 Å². The Hall–Kier alpha value is -1.09. The van der Waals surface area contributed by atoms with Crippen molar-refractivity contribution >= 4 is 5.97 Å². The van der Waals surface area contributed by atoms with Crippen LogP contribution in [0.4, 0.5) is 0 Å². The summed E-state index contributed by atoms with van der Waals surface area (Å²) < 4.78 is 0. The molecule has 1 fully saturated rings. The van der Waals surface area contributed by atoms with Crippen molar-refractivity contribution in [2.75, 3.05) is 0 Å². The van der Waals surface area contributed by atoms with Crippen LogP contribution >= 0.6 is 0 Å². The predicted octanol–water partition coefficient (Wildman–Crippen LogP) is 2.76. The lowest BCUT2D eigenvalue weighted by Gasteiger charge is -2.21. The van der Waals surface area contributed by atoms with E-state index in [1.165, 1.54) is 5.57 Å². The van der Waals surface area contributed by atoms with Crippen LogP contribution in [0.5, 0.6) is 0 Å². The smallest absolute Gasteiger partial charge is 0.306 e. The normalized spacial score (nSPS) is 33.2. The van der Waals surface area contributed by atoms with Crippen LogP contribution in [0.3, 0.4) is 0 Å². The lowest BCUT2D eigenvalue weighted by atomic mass is 9.84. The zero-order chi connectivity index (χ0) is 13.1. The van der Waals surface area contributed by atoms with E-state index in [0.29, 0.717) is 5.92 Å². The van der Waals surface area contributed by atoms with Gasteiger partial charge in [-0.15, -0.1) is 0 Å². The number of carboxylic acid groups (broad SMARTS) is 1. The zero-order valence-electron chi connectivity index (χ0n) is 10.9. The number of rotatable bonds is 4. The van der Waals surface area contributed by atoms with Gasteiger partial charge in [0, 0.05) is 0 Å². The van der Waals surface area contributed by atoms with Crippen LogP contribution in [0.2, 0.25) is 0 Å². The van der Waals surface area contributed by atoms with E-state index >= 15 is 0 Å². The molecule has 18 heavy (non-hydrogen) atoms. The Kier molecular flexibility index (Phi) is 4.23. The van der Waals surface area contributed by atoms with Gasteiger partial charge in [0.2, 0.25) is 0 Å². The minimum Gasteiger partial charge on any atom is -0.481 e. The Morgan fingerprint density at radius 3 is 2.78 bits per heavy atom. The summed E-state index contributed by atoms with van der Waals surface area (Å²) in [6, 6.07) is 0. The number of allylic oxidation sites excluding steroid dienone is 4. The van der Waals surface area contributed by atoms with Crippen molar-refractivity contribution < 1.29 is 15.0 Å². The Morgan fingerprint density at radius 2 is 2.28 bits per heavy atom. The fraction of sp³-hybridized carbons (Fsp3) is 0.667. The van der Waals surface area contributed by atoms with Crippen LogP contribution < -0.4 is 0 Å². The lowest BCUT2D eigenvalue weighted by molar-refractivity contribution is -0.142. The average Bonchev–Trinajstić information content (AvgIpc) is 2.75. The maximum absolute atomic E-state index is 10.9. The van der Waals surface area contributed by atoms with Crippen molar-refractivity contribution in [3.8, 4) is 0 Å². The molecule has 2 aliphatic carbocycles. The Bertz CT molecular complexity index is 370. The van der Waals surface area contributed by atoms with Gasteiger partial charge in [0.15, 0.2) is 0 Å². The van der Waals surface area contributed by atoms with E-state index in [0.717, 1.165) is 32.1 Å². The second-order valence-corrected chi connectivity index (χ2v) is 5.63. The second kappa shape index (κ2) is 5.70. The van der Waals surface area contributed by atoms with Gasteiger partial charge in [-0.2, -0.15) is 0 Å². The molecule has 4 atom stereocenters. The molecule has 2 aliphatic rings. The summed E-state index contributed by atoms with van der Waals surface area (Å²) in [6.45, 7) is 1.76. The van der Waals surface area contributed by atoms with Gasteiger partial charge in [-0.1, -0.05) is 37.1 Å². The quantitative estimate of drug-likeness (QED) is 0.806. The van der Waals surface area contributed by atoms with E-state index in [4.69, 9.17) is 5.11 Å². The van der Waals surface area contributed by atoms with Gasteiger partial charge >= 0.3 is 5.97 Å². The number of hydrogen-bond acceptors (Lipinski definition) is 2. The Morgan fingerprint density at radius 1 is 1.50 bits per heavy atom. The predicted molar refractivity (Wildman–Crippen MR) is 70.1 cm³/mol. The number of carboxylic acids is 1. The summed E-state index contributed by atoms with van der Waals surface area (Å²) >= 11 is 0. The highest BCUT2D eigenvalue weighted by Crippen LogP contribution is 2.33. The Balaban J connectivity index is 1.88. The van der Waals surface area contributed by atoms with Gasteiger partial charge in [0.05, 0.1) is 12.0 Å². The van der Waals surface area contributed by atoms with Crippen LogP contribution in [0, 0.1) is 17.8 Å². The number of aliphatic hydroxyl groups excluding tert-OH is 1. The second-order valence-electron chi connectivity index (χ2n) is 5.63. The maximum Gasteiger partial charge on any atom is 0.306 e. The van der Waals surface area contributed by atoms with Gasteiger partial charge in [-0.05, 0) is 37.5 Å². The van der Waals surface area contributed by atoms with Crippen molar-refractivity contribution in [2.24, 2.45) is 17.8 Å². The minimum atomic E-state index is -0.729. The number of aliphatic hydroxyl groups is 1. The van der Waals surface area contributed by atoms with Gasteiger partial charge in [-0.25, -0.2) is 0 Å². The molecule has 0 radical (unpaired) electrons. The monoisotopic (exact) mass is 250 g/mol. The van der Waals surface area contributed by atoms with Crippen molar-refractivity contribution in [3.63, 3.8) is 0 Å². The molecule has 3 nitrogen and oxygen atoms in total. The number of hydrogen-bond donors (Lipinski definition) is 2. The van der Waals surface area contributed by atoms with Crippen LogP contribution in [-0.4, -0.2) is 22.3 Å². The average molecular weight is 250 g/mol. The fourth-order valence-electron chi connectivity index (χ4n) is 2.94. The molecule has 0 aromatic carbocycles. The summed E-state index contributed by atoms with van der Waals surface area (Å²) in [4.78, 5) is 10.9. The molecular formula is C15H22O3. The molecule has 0 amide bonds. The van der Waals surface area contributed by atoms with Crippen molar-refractivity contribution in [1.82, 2.24) is 0 Å².